The Kier molecular flexibility index (Phi) is 6.45. The predicted octanol–water partition coefficient (Wildman–Crippen LogP) is 1.32. The summed E-state index contributed by atoms with van der Waals surface area (Å²) in [5.74, 6) is -2.02. The molecule has 1 fully saturated rings. The molecule has 0 unspecified atom stereocenters. The molecule has 0 aliphatic carbocycles. The molecule has 5 rings (SSSR count). The monoisotopic (exact) mass is 582 g/mol. The lowest BCUT2D eigenvalue weighted by Gasteiger charge is -2.51. The first-order valence-electron chi connectivity index (χ1n) is 11.4. The zero-order chi connectivity index (χ0) is 28.2. The van der Waals surface area contributed by atoms with Gasteiger partial charge in [0.2, 0.25) is 5.91 Å². The standard InChI is InChI=1S/C22H21F3N8O4S2/c1-26-6-12-3-4-15(27-7-12)33-18(29-16(34)9-39(2,36)37)17-13(31-33)5-21(30-19(17)35)10-32(11-21)20-28-14(8-38-20)22(23,24)25/h3-4,6-8H,5,9-11H2,1-2H3,(H,29,34)(H,30,35). The molecule has 2 amide bonds. The zero-order valence-electron chi connectivity index (χ0n) is 20.5. The second kappa shape index (κ2) is 9.41. The van der Waals surface area contributed by atoms with E-state index in [-0.39, 0.29) is 41.8 Å². The summed E-state index contributed by atoms with van der Waals surface area (Å²) in [4.78, 5) is 39.3. The Hall–Kier alpha value is -3.86. The lowest BCUT2D eigenvalue weighted by atomic mass is 9.81. The summed E-state index contributed by atoms with van der Waals surface area (Å²) in [7, 11) is -2.06. The summed E-state index contributed by atoms with van der Waals surface area (Å²) in [6.45, 7) is 0.407. The Balaban J connectivity index is 1.45. The van der Waals surface area contributed by atoms with Crippen molar-refractivity contribution < 1.29 is 31.2 Å². The summed E-state index contributed by atoms with van der Waals surface area (Å²) in [6.07, 6.45) is -0.330. The van der Waals surface area contributed by atoms with Gasteiger partial charge in [0.15, 0.2) is 32.3 Å². The van der Waals surface area contributed by atoms with Gasteiger partial charge in [-0.05, 0) is 12.1 Å². The number of nitrogens with zero attached hydrogens (tertiary/aromatic N) is 6. The number of carbonyl (C=O) groups excluding carboxylic acids is 2. The van der Waals surface area contributed by atoms with Crippen LogP contribution in [-0.4, -0.2) is 83.9 Å². The first-order chi connectivity index (χ1) is 18.3. The molecule has 2 aliphatic heterocycles. The highest BCUT2D eigenvalue weighted by atomic mass is 32.2. The van der Waals surface area contributed by atoms with Gasteiger partial charge in [-0.3, -0.25) is 14.6 Å². The number of aromatic nitrogens is 4. The van der Waals surface area contributed by atoms with E-state index in [1.54, 1.807) is 30.3 Å². The van der Waals surface area contributed by atoms with Crippen molar-refractivity contribution in [3.8, 4) is 5.82 Å². The minimum atomic E-state index is -4.55. The van der Waals surface area contributed by atoms with Crippen LogP contribution >= 0.6 is 11.3 Å². The third kappa shape index (κ3) is 5.36. The van der Waals surface area contributed by atoms with Crippen molar-refractivity contribution in [2.24, 2.45) is 4.99 Å². The van der Waals surface area contributed by atoms with E-state index in [0.29, 0.717) is 11.3 Å². The van der Waals surface area contributed by atoms with Crippen molar-refractivity contribution in [2.75, 3.05) is 42.4 Å². The van der Waals surface area contributed by atoms with E-state index < -0.39 is 44.8 Å². The van der Waals surface area contributed by atoms with E-state index in [4.69, 9.17) is 0 Å². The van der Waals surface area contributed by atoms with E-state index in [9.17, 15) is 31.2 Å². The van der Waals surface area contributed by atoms with Gasteiger partial charge in [0, 0.05) is 56.2 Å². The number of carbonyl (C=O) groups is 2. The van der Waals surface area contributed by atoms with Crippen molar-refractivity contribution >= 4 is 50.2 Å². The van der Waals surface area contributed by atoms with Gasteiger partial charge in [0.05, 0.1) is 11.2 Å². The van der Waals surface area contributed by atoms with Crippen LogP contribution in [0.5, 0.6) is 0 Å². The molecule has 12 nitrogen and oxygen atoms in total. The molecule has 0 atom stereocenters. The maximum Gasteiger partial charge on any atom is 0.434 e. The van der Waals surface area contributed by atoms with E-state index in [0.717, 1.165) is 23.0 Å². The fourth-order valence-corrected chi connectivity index (χ4v) is 5.86. The average molecular weight is 583 g/mol. The van der Waals surface area contributed by atoms with Crippen LogP contribution in [0, 0.1) is 0 Å². The molecule has 3 aromatic heterocycles. The van der Waals surface area contributed by atoms with Crippen LogP contribution in [0.3, 0.4) is 0 Å². The number of sulfone groups is 1. The lowest BCUT2D eigenvalue weighted by molar-refractivity contribution is -0.140. The number of rotatable bonds is 6. The number of halogens is 3. The normalized spacial score (nSPS) is 16.7. The van der Waals surface area contributed by atoms with Gasteiger partial charge in [-0.2, -0.15) is 23.0 Å². The van der Waals surface area contributed by atoms with Gasteiger partial charge >= 0.3 is 6.18 Å². The number of thiazole rings is 1. The molecule has 3 aromatic rings. The minimum absolute atomic E-state index is 0.0404. The largest absolute Gasteiger partial charge is 0.434 e. The van der Waals surface area contributed by atoms with Crippen molar-refractivity contribution in [1.82, 2.24) is 25.1 Å². The summed E-state index contributed by atoms with van der Waals surface area (Å²) >= 11 is 0.862. The number of anilines is 2. The van der Waals surface area contributed by atoms with Crippen molar-refractivity contribution in [3.63, 3.8) is 0 Å². The Labute approximate surface area is 223 Å². The van der Waals surface area contributed by atoms with Crippen LogP contribution < -0.4 is 15.5 Å². The molecular weight excluding hydrogens is 561 g/mol. The van der Waals surface area contributed by atoms with Crippen LogP contribution in [0.15, 0.2) is 28.7 Å². The van der Waals surface area contributed by atoms with E-state index in [1.165, 1.54) is 10.9 Å². The fraction of sp³-hybridized carbons (Fsp3) is 0.364. The highest BCUT2D eigenvalue weighted by Gasteiger charge is 2.51. The summed E-state index contributed by atoms with van der Waals surface area (Å²) in [6, 6.07) is 3.30. The topological polar surface area (TPSA) is 152 Å². The molecule has 1 spiro atoms. The number of nitrogens with one attached hydrogen (secondary N) is 2. The maximum absolute atomic E-state index is 13.3. The second-order valence-electron chi connectivity index (χ2n) is 9.32. The van der Waals surface area contributed by atoms with Crippen molar-refractivity contribution in [3.05, 3.63) is 46.2 Å². The third-order valence-corrected chi connectivity index (χ3v) is 7.71. The molecule has 0 bridgehead atoms. The quantitative estimate of drug-likeness (QED) is 0.413. The molecule has 2 N–H and O–H groups in total. The molecule has 0 saturated carbocycles. The van der Waals surface area contributed by atoms with Gasteiger partial charge in [-0.15, -0.1) is 11.3 Å². The van der Waals surface area contributed by atoms with Gasteiger partial charge in [-0.1, -0.05) is 0 Å². The molecule has 0 aromatic carbocycles. The van der Waals surface area contributed by atoms with Crippen molar-refractivity contribution in [2.45, 2.75) is 18.1 Å². The number of hydrogen-bond acceptors (Lipinski definition) is 10. The smallest absolute Gasteiger partial charge is 0.343 e. The summed E-state index contributed by atoms with van der Waals surface area (Å²) in [5.41, 5.74) is -0.714. The SMILES string of the molecule is CN=Cc1ccc(-n2nc3c(c2NC(=O)CS(C)(=O)=O)C(=O)NC2(C3)CN(c3nc(C(F)(F)F)cs3)C2)nc1. The predicted molar refractivity (Wildman–Crippen MR) is 136 cm³/mol. The van der Waals surface area contributed by atoms with E-state index in [1.807, 2.05) is 0 Å². The Bertz CT molecular complexity index is 1590. The molecule has 5 heterocycles. The molecule has 0 radical (unpaired) electrons. The van der Waals surface area contributed by atoms with Crippen LogP contribution in [0.2, 0.25) is 0 Å². The Morgan fingerprint density at radius 1 is 1.33 bits per heavy atom. The van der Waals surface area contributed by atoms with Gasteiger partial charge < -0.3 is 15.5 Å². The first kappa shape index (κ1) is 26.7. The molecule has 206 valence electrons. The highest BCUT2D eigenvalue weighted by molar-refractivity contribution is 7.91. The van der Waals surface area contributed by atoms with Crippen LogP contribution in [-0.2, 0) is 27.2 Å². The number of aliphatic imine (C=N–C) groups is 1. The average Bonchev–Trinajstić information content (AvgIpc) is 3.42. The Morgan fingerprint density at radius 2 is 2.08 bits per heavy atom. The number of amides is 2. The number of fused-ring (bicyclic) bond motifs is 1. The van der Waals surface area contributed by atoms with Crippen LogP contribution in [0.1, 0.15) is 27.3 Å². The summed E-state index contributed by atoms with van der Waals surface area (Å²) in [5, 5.41) is 11.0. The molecule has 2 aliphatic rings. The number of alkyl halides is 3. The first-order valence-corrected chi connectivity index (χ1v) is 14.3. The van der Waals surface area contributed by atoms with Gasteiger partial charge in [0.1, 0.15) is 11.3 Å². The second-order valence-corrected chi connectivity index (χ2v) is 12.3. The maximum atomic E-state index is 13.3. The third-order valence-electron chi connectivity index (χ3n) is 6.03. The van der Waals surface area contributed by atoms with Crippen LogP contribution in [0.4, 0.5) is 24.1 Å². The molecule has 17 heteroatoms. The lowest BCUT2D eigenvalue weighted by Crippen LogP contribution is -2.73. The zero-order valence-corrected chi connectivity index (χ0v) is 22.1. The Morgan fingerprint density at radius 3 is 2.67 bits per heavy atom. The molecular formula is C22H21F3N8O4S2. The number of pyridine rings is 1. The molecule has 39 heavy (non-hydrogen) atoms. The van der Waals surface area contributed by atoms with Gasteiger partial charge in [0.25, 0.3) is 5.91 Å². The summed E-state index contributed by atoms with van der Waals surface area (Å²) < 4.78 is 63.4. The van der Waals surface area contributed by atoms with Gasteiger partial charge in [-0.25, -0.2) is 18.4 Å². The number of hydrogen-bond donors (Lipinski definition) is 2. The fourth-order valence-electron chi connectivity index (χ4n) is 4.48. The minimum Gasteiger partial charge on any atom is -0.343 e. The molecule has 1 saturated heterocycles. The van der Waals surface area contributed by atoms with Crippen molar-refractivity contribution in [1.29, 1.82) is 0 Å². The van der Waals surface area contributed by atoms with Crippen LogP contribution in [0.25, 0.3) is 5.82 Å². The van der Waals surface area contributed by atoms with E-state index >= 15 is 0 Å². The highest BCUT2D eigenvalue weighted by Crippen LogP contribution is 2.39. The van der Waals surface area contributed by atoms with E-state index in [2.05, 4.69) is 30.7 Å².